The van der Waals surface area contributed by atoms with Crippen LogP contribution in [0.3, 0.4) is 0 Å². The average molecular weight is 349 g/mol. The lowest BCUT2D eigenvalue weighted by Gasteiger charge is -2.09. The number of esters is 1. The van der Waals surface area contributed by atoms with Gasteiger partial charge in [-0.3, -0.25) is 9.59 Å². The standard InChI is InChI=1S/C17H23N3O3S/c1-3-23-17(22)9-6-10-18-16(21)11-20-14-8-5-4-7-13(14)19-15(20)12-24-2/h4-5,7-8H,3,6,9-12H2,1-2H3,(H,18,21). The van der Waals surface area contributed by atoms with E-state index in [1.165, 1.54) is 0 Å². The normalized spacial score (nSPS) is 10.8. The third-order valence-corrected chi connectivity index (χ3v) is 4.04. The molecule has 24 heavy (non-hydrogen) atoms. The minimum absolute atomic E-state index is 0.0793. The maximum Gasteiger partial charge on any atom is 0.305 e. The molecule has 0 aliphatic rings. The Balaban J connectivity index is 1.92. The Labute approximate surface area is 146 Å². The van der Waals surface area contributed by atoms with Crippen molar-refractivity contribution in [2.24, 2.45) is 0 Å². The molecular weight excluding hydrogens is 326 g/mol. The lowest BCUT2D eigenvalue weighted by Crippen LogP contribution is -2.29. The van der Waals surface area contributed by atoms with Crippen molar-refractivity contribution >= 4 is 34.7 Å². The summed E-state index contributed by atoms with van der Waals surface area (Å²) in [5.41, 5.74) is 1.86. The third kappa shape index (κ3) is 4.99. The van der Waals surface area contributed by atoms with Crippen LogP contribution in [0.5, 0.6) is 0 Å². The Bertz CT molecular complexity index is 699. The number of hydrogen-bond acceptors (Lipinski definition) is 5. The van der Waals surface area contributed by atoms with E-state index in [1.54, 1.807) is 18.7 Å². The molecule has 0 unspecified atom stereocenters. The van der Waals surface area contributed by atoms with E-state index in [1.807, 2.05) is 35.1 Å². The largest absolute Gasteiger partial charge is 0.466 e. The zero-order chi connectivity index (χ0) is 17.4. The molecule has 0 saturated carbocycles. The van der Waals surface area contributed by atoms with E-state index in [2.05, 4.69) is 10.3 Å². The highest BCUT2D eigenvalue weighted by molar-refractivity contribution is 7.97. The van der Waals surface area contributed by atoms with E-state index in [9.17, 15) is 9.59 Å². The second kappa shape index (κ2) is 9.32. The van der Waals surface area contributed by atoms with Crippen molar-refractivity contribution in [2.75, 3.05) is 19.4 Å². The number of imidazole rings is 1. The molecule has 0 aliphatic heterocycles. The van der Waals surface area contributed by atoms with Gasteiger partial charge < -0.3 is 14.6 Å². The van der Waals surface area contributed by atoms with Gasteiger partial charge in [-0.2, -0.15) is 11.8 Å². The predicted octanol–water partition coefficient (Wildman–Crippen LogP) is 2.36. The minimum Gasteiger partial charge on any atom is -0.466 e. The third-order valence-electron chi connectivity index (χ3n) is 3.49. The number of ether oxygens (including phenoxy) is 1. The topological polar surface area (TPSA) is 73.2 Å². The van der Waals surface area contributed by atoms with Crippen molar-refractivity contribution in [3.63, 3.8) is 0 Å². The van der Waals surface area contributed by atoms with Crippen LogP contribution in [-0.4, -0.2) is 40.8 Å². The van der Waals surface area contributed by atoms with Gasteiger partial charge in [-0.1, -0.05) is 12.1 Å². The monoisotopic (exact) mass is 349 g/mol. The van der Waals surface area contributed by atoms with Crippen LogP contribution in [0.4, 0.5) is 0 Å². The maximum atomic E-state index is 12.2. The van der Waals surface area contributed by atoms with Crippen molar-refractivity contribution in [1.82, 2.24) is 14.9 Å². The number of amides is 1. The summed E-state index contributed by atoms with van der Waals surface area (Å²) in [5.74, 6) is 1.34. The van der Waals surface area contributed by atoms with Crippen molar-refractivity contribution in [2.45, 2.75) is 32.1 Å². The molecule has 1 amide bonds. The average Bonchev–Trinajstić information content (AvgIpc) is 2.90. The number of carbonyl (C=O) groups is 2. The molecule has 0 spiro atoms. The molecule has 0 fully saturated rings. The van der Waals surface area contributed by atoms with E-state index in [-0.39, 0.29) is 18.4 Å². The fraction of sp³-hybridized carbons (Fsp3) is 0.471. The molecular formula is C17H23N3O3S. The molecule has 0 atom stereocenters. The van der Waals surface area contributed by atoms with Gasteiger partial charge in [0.25, 0.3) is 0 Å². The molecule has 0 bridgehead atoms. The summed E-state index contributed by atoms with van der Waals surface area (Å²) in [6.07, 6.45) is 2.91. The second-order valence-electron chi connectivity index (χ2n) is 5.29. The lowest BCUT2D eigenvalue weighted by molar-refractivity contribution is -0.143. The number of rotatable bonds is 9. The number of benzene rings is 1. The predicted molar refractivity (Wildman–Crippen MR) is 95.8 cm³/mol. The molecule has 1 aromatic carbocycles. The Morgan fingerprint density at radius 3 is 2.88 bits per heavy atom. The van der Waals surface area contributed by atoms with Crippen LogP contribution in [0.2, 0.25) is 0 Å². The molecule has 1 N–H and O–H groups in total. The van der Waals surface area contributed by atoms with Crippen molar-refractivity contribution in [1.29, 1.82) is 0 Å². The molecule has 0 aliphatic carbocycles. The molecule has 0 saturated heterocycles. The Kier molecular flexibility index (Phi) is 7.11. The fourth-order valence-electron chi connectivity index (χ4n) is 2.43. The van der Waals surface area contributed by atoms with E-state index in [0.717, 1.165) is 22.6 Å². The summed E-state index contributed by atoms with van der Waals surface area (Å²) in [4.78, 5) is 28.1. The van der Waals surface area contributed by atoms with Crippen molar-refractivity contribution in [3.05, 3.63) is 30.1 Å². The number of nitrogens with one attached hydrogen (secondary N) is 1. The number of thioether (sulfide) groups is 1. The molecule has 1 heterocycles. The van der Waals surface area contributed by atoms with Gasteiger partial charge in [-0.15, -0.1) is 0 Å². The van der Waals surface area contributed by atoms with Crippen LogP contribution >= 0.6 is 11.8 Å². The van der Waals surface area contributed by atoms with Crippen LogP contribution in [-0.2, 0) is 26.6 Å². The van der Waals surface area contributed by atoms with Gasteiger partial charge in [0.2, 0.25) is 5.91 Å². The first-order valence-corrected chi connectivity index (χ1v) is 9.40. The first-order chi connectivity index (χ1) is 11.7. The van der Waals surface area contributed by atoms with E-state index in [0.29, 0.717) is 26.0 Å². The number of para-hydroxylation sites is 2. The summed E-state index contributed by atoms with van der Waals surface area (Å²) in [7, 11) is 0. The fourth-order valence-corrected chi connectivity index (χ4v) is 2.91. The van der Waals surface area contributed by atoms with Gasteiger partial charge in [-0.05, 0) is 31.7 Å². The van der Waals surface area contributed by atoms with Crippen LogP contribution in [0.25, 0.3) is 11.0 Å². The highest BCUT2D eigenvalue weighted by atomic mass is 32.2. The van der Waals surface area contributed by atoms with E-state index < -0.39 is 0 Å². The quantitative estimate of drug-likeness (QED) is 0.556. The van der Waals surface area contributed by atoms with Gasteiger partial charge >= 0.3 is 5.97 Å². The summed E-state index contributed by atoms with van der Waals surface area (Å²) in [6.45, 7) is 2.86. The Hall–Kier alpha value is -2.02. The van der Waals surface area contributed by atoms with Gasteiger partial charge in [0.15, 0.2) is 0 Å². The Morgan fingerprint density at radius 2 is 2.12 bits per heavy atom. The molecule has 2 rings (SSSR count). The first-order valence-electron chi connectivity index (χ1n) is 8.01. The van der Waals surface area contributed by atoms with Gasteiger partial charge in [0.1, 0.15) is 12.4 Å². The molecule has 130 valence electrons. The van der Waals surface area contributed by atoms with Crippen LogP contribution in [0, 0.1) is 0 Å². The summed E-state index contributed by atoms with van der Waals surface area (Å²) in [5, 5.41) is 2.85. The molecule has 1 aromatic heterocycles. The first kappa shape index (κ1) is 18.3. The summed E-state index contributed by atoms with van der Waals surface area (Å²) >= 11 is 1.67. The molecule has 6 nitrogen and oxygen atoms in total. The minimum atomic E-state index is -0.227. The van der Waals surface area contributed by atoms with E-state index >= 15 is 0 Å². The Morgan fingerprint density at radius 1 is 1.33 bits per heavy atom. The van der Waals surface area contributed by atoms with Crippen LogP contribution < -0.4 is 5.32 Å². The van der Waals surface area contributed by atoms with E-state index in [4.69, 9.17) is 4.74 Å². The number of carbonyl (C=O) groups excluding carboxylic acids is 2. The van der Waals surface area contributed by atoms with Crippen LogP contribution in [0.1, 0.15) is 25.6 Å². The summed E-state index contributed by atoms with van der Waals surface area (Å²) in [6, 6.07) is 7.81. The van der Waals surface area contributed by atoms with Crippen LogP contribution in [0.15, 0.2) is 24.3 Å². The SMILES string of the molecule is CCOC(=O)CCCNC(=O)Cn1c(CSC)nc2ccccc21. The number of nitrogens with zero attached hydrogens (tertiary/aromatic N) is 2. The highest BCUT2D eigenvalue weighted by Gasteiger charge is 2.13. The zero-order valence-corrected chi connectivity index (χ0v) is 14.9. The smallest absolute Gasteiger partial charge is 0.305 e. The molecule has 7 heteroatoms. The number of fused-ring (bicyclic) bond motifs is 1. The lowest BCUT2D eigenvalue weighted by atomic mass is 10.3. The van der Waals surface area contributed by atoms with Crippen molar-refractivity contribution in [3.8, 4) is 0 Å². The van der Waals surface area contributed by atoms with Gasteiger partial charge in [0.05, 0.1) is 23.4 Å². The molecule has 0 radical (unpaired) electrons. The summed E-state index contributed by atoms with van der Waals surface area (Å²) < 4.78 is 6.81. The number of hydrogen-bond donors (Lipinski definition) is 1. The molecule has 2 aromatic rings. The maximum absolute atomic E-state index is 12.2. The van der Waals surface area contributed by atoms with Gasteiger partial charge in [0, 0.05) is 13.0 Å². The highest BCUT2D eigenvalue weighted by Crippen LogP contribution is 2.18. The zero-order valence-electron chi connectivity index (χ0n) is 14.1. The number of aromatic nitrogens is 2. The second-order valence-corrected chi connectivity index (χ2v) is 6.16. The van der Waals surface area contributed by atoms with Gasteiger partial charge in [-0.25, -0.2) is 4.98 Å². The van der Waals surface area contributed by atoms with Crippen molar-refractivity contribution < 1.29 is 14.3 Å².